The SMILES string of the molecule is CC1COc2c(N3C[C@@H]4CCCC[C@@]4(N)C3)c(F)cc3c(=O)c(C(=O)O)cn1c23. The number of benzene rings is 1. The summed E-state index contributed by atoms with van der Waals surface area (Å²) >= 11 is 0. The van der Waals surface area contributed by atoms with Gasteiger partial charge in [0, 0.05) is 24.8 Å². The second kappa shape index (κ2) is 6.19. The summed E-state index contributed by atoms with van der Waals surface area (Å²) < 4.78 is 23.0. The number of nitrogens with zero attached hydrogens (tertiary/aromatic N) is 2. The van der Waals surface area contributed by atoms with E-state index in [0.29, 0.717) is 36.0 Å². The predicted molar refractivity (Wildman–Crippen MR) is 106 cm³/mol. The van der Waals surface area contributed by atoms with E-state index in [2.05, 4.69) is 0 Å². The third-order valence-corrected chi connectivity index (χ3v) is 6.87. The first-order valence-electron chi connectivity index (χ1n) is 10.1. The Morgan fingerprint density at radius 3 is 2.93 bits per heavy atom. The van der Waals surface area contributed by atoms with Gasteiger partial charge in [0.2, 0.25) is 5.43 Å². The molecule has 0 radical (unpaired) electrons. The van der Waals surface area contributed by atoms with E-state index < -0.39 is 17.2 Å². The van der Waals surface area contributed by atoms with Gasteiger partial charge >= 0.3 is 5.97 Å². The smallest absolute Gasteiger partial charge is 0.341 e. The third kappa shape index (κ3) is 2.58. The monoisotopic (exact) mass is 401 g/mol. The molecule has 1 aliphatic carbocycles. The Balaban J connectivity index is 1.73. The fourth-order valence-electron chi connectivity index (χ4n) is 5.33. The zero-order chi connectivity index (χ0) is 20.5. The lowest BCUT2D eigenvalue weighted by atomic mass is 9.76. The Bertz CT molecular complexity index is 1100. The van der Waals surface area contributed by atoms with Crippen LogP contribution in [-0.2, 0) is 0 Å². The van der Waals surface area contributed by atoms with Crippen molar-refractivity contribution in [1.82, 2.24) is 4.57 Å². The highest BCUT2D eigenvalue weighted by Gasteiger charge is 2.46. The molecule has 1 unspecified atom stereocenters. The van der Waals surface area contributed by atoms with Crippen molar-refractivity contribution >= 4 is 22.6 Å². The maximum absolute atomic E-state index is 15.3. The van der Waals surface area contributed by atoms with Gasteiger partial charge < -0.3 is 25.0 Å². The zero-order valence-corrected chi connectivity index (χ0v) is 16.3. The van der Waals surface area contributed by atoms with Gasteiger partial charge in [0.15, 0.2) is 11.6 Å². The Labute approximate surface area is 166 Å². The van der Waals surface area contributed by atoms with Crippen molar-refractivity contribution in [3.05, 3.63) is 33.9 Å². The number of ether oxygens (including phenoxy) is 1. The molecule has 2 aliphatic heterocycles. The minimum Gasteiger partial charge on any atom is -0.487 e. The molecule has 154 valence electrons. The largest absolute Gasteiger partial charge is 0.487 e. The van der Waals surface area contributed by atoms with Gasteiger partial charge in [0.1, 0.15) is 17.9 Å². The van der Waals surface area contributed by atoms with E-state index in [0.717, 1.165) is 31.7 Å². The summed E-state index contributed by atoms with van der Waals surface area (Å²) in [5, 5.41) is 9.44. The van der Waals surface area contributed by atoms with Crippen LogP contribution in [0.4, 0.5) is 10.1 Å². The molecular formula is C21H24FN3O4. The lowest BCUT2D eigenvalue weighted by Gasteiger charge is -2.34. The molecule has 3 N–H and O–H groups in total. The van der Waals surface area contributed by atoms with Crippen molar-refractivity contribution in [3.8, 4) is 5.75 Å². The van der Waals surface area contributed by atoms with Crippen LogP contribution in [0, 0.1) is 11.7 Å². The highest BCUT2D eigenvalue weighted by Crippen LogP contribution is 2.46. The fraction of sp³-hybridized carbons (Fsp3) is 0.524. The van der Waals surface area contributed by atoms with Gasteiger partial charge in [0.05, 0.1) is 16.9 Å². The van der Waals surface area contributed by atoms with Gasteiger partial charge in [-0.2, -0.15) is 0 Å². The number of carboxylic acid groups (broad SMARTS) is 1. The van der Waals surface area contributed by atoms with Crippen LogP contribution in [0.1, 0.15) is 49.0 Å². The van der Waals surface area contributed by atoms with Gasteiger partial charge in [-0.05, 0) is 31.7 Å². The van der Waals surface area contributed by atoms with Crippen LogP contribution in [0.15, 0.2) is 17.1 Å². The van der Waals surface area contributed by atoms with Crippen LogP contribution in [0.3, 0.4) is 0 Å². The summed E-state index contributed by atoms with van der Waals surface area (Å²) in [6.07, 6.45) is 5.51. The maximum atomic E-state index is 15.3. The molecule has 5 rings (SSSR count). The summed E-state index contributed by atoms with van der Waals surface area (Å²) in [5.74, 6) is -1.28. The number of carbonyl (C=O) groups is 1. The first-order valence-corrected chi connectivity index (χ1v) is 10.1. The first-order chi connectivity index (χ1) is 13.8. The van der Waals surface area contributed by atoms with Gasteiger partial charge in [-0.3, -0.25) is 4.79 Å². The van der Waals surface area contributed by atoms with E-state index in [-0.39, 0.29) is 29.1 Å². The van der Waals surface area contributed by atoms with Crippen molar-refractivity contribution in [3.63, 3.8) is 0 Å². The lowest BCUT2D eigenvalue weighted by Crippen LogP contribution is -2.49. The Morgan fingerprint density at radius 1 is 1.41 bits per heavy atom. The van der Waals surface area contributed by atoms with Crippen LogP contribution in [-0.4, -0.2) is 40.9 Å². The van der Waals surface area contributed by atoms with Crippen molar-refractivity contribution in [2.24, 2.45) is 11.7 Å². The summed E-state index contributed by atoms with van der Waals surface area (Å²) in [4.78, 5) is 26.2. The number of aromatic nitrogens is 1. The van der Waals surface area contributed by atoms with Crippen LogP contribution in [0.25, 0.3) is 10.9 Å². The quantitative estimate of drug-likeness (QED) is 0.803. The molecule has 3 atom stereocenters. The number of rotatable bonds is 2. The van der Waals surface area contributed by atoms with E-state index in [1.54, 1.807) is 4.57 Å². The molecule has 8 heteroatoms. The Kier molecular flexibility index (Phi) is 3.93. The average molecular weight is 401 g/mol. The van der Waals surface area contributed by atoms with Crippen LogP contribution in [0.2, 0.25) is 0 Å². The molecule has 2 fully saturated rings. The second-order valence-electron chi connectivity index (χ2n) is 8.73. The summed E-state index contributed by atoms with van der Waals surface area (Å²) in [6, 6.07) is 0.982. The summed E-state index contributed by atoms with van der Waals surface area (Å²) in [7, 11) is 0. The first kappa shape index (κ1) is 18.4. The highest BCUT2D eigenvalue weighted by molar-refractivity contribution is 5.97. The van der Waals surface area contributed by atoms with Crippen LogP contribution in [0.5, 0.6) is 5.75 Å². The summed E-state index contributed by atoms with van der Waals surface area (Å²) in [5.41, 5.74) is 6.06. The normalized spacial score (nSPS) is 28.3. The number of fused-ring (bicyclic) bond motifs is 1. The van der Waals surface area contributed by atoms with E-state index in [1.165, 1.54) is 6.20 Å². The average Bonchev–Trinajstić information content (AvgIpc) is 3.02. The van der Waals surface area contributed by atoms with Gasteiger partial charge in [-0.1, -0.05) is 12.8 Å². The molecule has 1 aromatic carbocycles. The maximum Gasteiger partial charge on any atom is 0.341 e. The zero-order valence-electron chi connectivity index (χ0n) is 16.3. The van der Waals surface area contributed by atoms with Crippen LogP contribution >= 0.6 is 0 Å². The second-order valence-corrected chi connectivity index (χ2v) is 8.73. The van der Waals surface area contributed by atoms with Crippen molar-refractivity contribution in [1.29, 1.82) is 0 Å². The fourth-order valence-corrected chi connectivity index (χ4v) is 5.33. The summed E-state index contributed by atoms with van der Waals surface area (Å²) in [6.45, 7) is 3.35. The van der Waals surface area contributed by atoms with E-state index in [1.807, 2.05) is 11.8 Å². The number of carboxylic acids is 1. The van der Waals surface area contributed by atoms with Gasteiger partial charge in [0.25, 0.3) is 0 Å². The molecule has 1 aromatic heterocycles. The standard InChI is InChI=1S/C21H24FN3O4/c1-11-9-29-19-16-13(18(26)14(20(27)28)8-25(11)16)6-15(22)17(19)24-7-12-4-2-3-5-21(12,23)10-24/h6,8,11-12H,2-5,7,9-10,23H2,1H3,(H,27,28)/t11?,12-,21+/m0/s1. The minimum atomic E-state index is -1.32. The topological polar surface area (TPSA) is 97.8 Å². The van der Waals surface area contributed by atoms with Gasteiger partial charge in [-0.25, -0.2) is 9.18 Å². The van der Waals surface area contributed by atoms with Crippen molar-refractivity contribution in [2.75, 3.05) is 24.6 Å². The molecule has 1 saturated carbocycles. The number of hydrogen-bond donors (Lipinski definition) is 2. The molecule has 1 saturated heterocycles. The molecule has 0 bridgehead atoms. The van der Waals surface area contributed by atoms with Gasteiger partial charge in [-0.15, -0.1) is 0 Å². The Morgan fingerprint density at radius 2 is 2.21 bits per heavy atom. The number of nitrogens with two attached hydrogens (primary N) is 1. The number of pyridine rings is 1. The highest BCUT2D eigenvalue weighted by atomic mass is 19.1. The number of aromatic carboxylic acids is 1. The third-order valence-electron chi connectivity index (χ3n) is 6.87. The Hall–Kier alpha value is -2.61. The predicted octanol–water partition coefficient (Wildman–Crippen LogP) is 2.50. The molecule has 3 aliphatic rings. The number of hydrogen-bond acceptors (Lipinski definition) is 5. The molecular weight excluding hydrogens is 377 g/mol. The minimum absolute atomic E-state index is 0.0341. The molecule has 0 amide bonds. The molecule has 7 nitrogen and oxygen atoms in total. The van der Waals surface area contributed by atoms with Crippen molar-refractivity contribution < 1.29 is 19.0 Å². The van der Waals surface area contributed by atoms with E-state index in [9.17, 15) is 14.7 Å². The number of anilines is 1. The van der Waals surface area contributed by atoms with Crippen LogP contribution < -0.4 is 20.8 Å². The lowest BCUT2D eigenvalue weighted by molar-refractivity contribution is 0.0694. The molecule has 29 heavy (non-hydrogen) atoms. The number of halogens is 1. The van der Waals surface area contributed by atoms with E-state index in [4.69, 9.17) is 10.5 Å². The molecule has 2 aromatic rings. The van der Waals surface area contributed by atoms with E-state index >= 15 is 4.39 Å². The van der Waals surface area contributed by atoms with Crippen molar-refractivity contribution in [2.45, 2.75) is 44.2 Å². The molecule has 0 spiro atoms. The molecule has 3 heterocycles.